The van der Waals surface area contributed by atoms with E-state index in [9.17, 15) is 0 Å². The van der Waals surface area contributed by atoms with E-state index in [-0.39, 0.29) is 5.41 Å². The molecular weight excluding hydrogens is 272 g/mol. The number of aryl methyl sites for hydroxylation is 3. The average Bonchev–Trinajstić information content (AvgIpc) is 2.86. The molecule has 5 heteroatoms. The van der Waals surface area contributed by atoms with Crippen molar-refractivity contribution in [3.63, 3.8) is 0 Å². The van der Waals surface area contributed by atoms with Crippen LogP contribution < -0.4 is 0 Å². The Hall–Kier alpha value is -1.03. The van der Waals surface area contributed by atoms with E-state index in [4.69, 9.17) is 16.6 Å². The Morgan fingerprint density at radius 1 is 1.30 bits per heavy atom. The number of rotatable bonds is 4. The molecule has 0 aliphatic carbocycles. The maximum absolute atomic E-state index is 5.96. The van der Waals surface area contributed by atoms with Crippen molar-refractivity contribution in [3.05, 3.63) is 11.5 Å². The fourth-order valence-corrected chi connectivity index (χ4v) is 2.71. The third-order valence-electron chi connectivity index (χ3n) is 4.10. The lowest BCUT2D eigenvalue weighted by atomic mass is 9.87. The van der Waals surface area contributed by atoms with Crippen LogP contribution in [0.25, 0.3) is 11.2 Å². The number of nitrogens with zero attached hydrogens (tertiary/aromatic N) is 4. The quantitative estimate of drug-likeness (QED) is 0.806. The van der Waals surface area contributed by atoms with Gasteiger partial charge in [-0.3, -0.25) is 4.68 Å². The molecule has 0 amide bonds. The summed E-state index contributed by atoms with van der Waals surface area (Å²) in [5, 5.41) is 4.59. The van der Waals surface area contributed by atoms with Crippen molar-refractivity contribution < 1.29 is 0 Å². The number of hydrogen-bond donors (Lipinski definition) is 0. The van der Waals surface area contributed by atoms with Gasteiger partial charge in [0.25, 0.3) is 0 Å². The van der Waals surface area contributed by atoms with Crippen molar-refractivity contribution >= 4 is 22.8 Å². The first-order valence-electron chi connectivity index (χ1n) is 7.29. The summed E-state index contributed by atoms with van der Waals surface area (Å²) in [6.07, 6.45) is 1.69. The van der Waals surface area contributed by atoms with Gasteiger partial charge in [-0.05, 0) is 18.8 Å². The van der Waals surface area contributed by atoms with Crippen LogP contribution in [0.15, 0.2) is 0 Å². The summed E-state index contributed by atoms with van der Waals surface area (Å²) in [6.45, 7) is 11.1. The Bertz CT molecular complexity index is 603. The predicted octanol–water partition coefficient (Wildman–Crippen LogP) is 3.72. The number of hydrogen-bond acceptors (Lipinski definition) is 2. The molecule has 2 rings (SSSR count). The van der Waals surface area contributed by atoms with E-state index in [1.54, 1.807) is 0 Å². The van der Waals surface area contributed by atoms with Crippen molar-refractivity contribution in [2.45, 2.75) is 53.5 Å². The van der Waals surface area contributed by atoms with Gasteiger partial charge in [-0.25, -0.2) is 4.98 Å². The van der Waals surface area contributed by atoms with Crippen LogP contribution in [0.5, 0.6) is 0 Å². The first-order chi connectivity index (χ1) is 9.31. The number of aromatic nitrogens is 4. The van der Waals surface area contributed by atoms with Crippen LogP contribution in [0.2, 0.25) is 0 Å². The number of alkyl halides is 1. The van der Waals surface area contributed by atoms with Crippen LogP contribution in [0.1, 0.15) is 52.2 Å². The van der Waals surface area contributed by atoms with Gasteiger partial charge in [-0.2, -0.15) is 5.10 Å². The van der Waals surface area contributed by atoms with Gasteiger partial charge in [0.05, 0.1) is 5.69 Å². The molecule has 20 heavy (non-hydrogen) atoms. The summed E-state index contributed by atoms with van der Waals surface area (Å²) in [4.78, 5) is 4.82. The van der Waals surface area contributed by atoms with E-state index < -0.39 is 0 Å². The maximum Gasteiger partial charge on any atom is 0.158 e. The van der Waals surface area contributed by atoms with E-state index in [0.29, 0.717) is 11.9 Å². The number of fused-ring (bicyclic) bond motifs is 1. The Kier molecular flexibility index (Phi) is 4.14. The van der Waals surface area contributed by atoms with Gasteiger partial charge in [-0.15, -0.1) is 11.6 Å². The molecule has 0 aliphatic heterocycles. The van der Waals surface area contributed by atoms with Crippen LogP contribution in [-0.2, 0) is 19.9 Å². The van der Waals surface area contributed by atoms with Gasteiger partial charge < -0.3 is 4.57 Å². The molecule has 1 unspecified atom stereocenters. The summed E-state index contributed by atoms with van der Waals surface area (Å²) in [5.41, 5.74) is 3.37. The van der Waals surface area contributed by atoms with E-state index >= 15 is 0 Å². The molecule has 1 atom stereocenters. The topological polar surface area (TPSA) is 35.6 Å². The highest BCUT2D eigenvalue weighted by Crippen LogP contribution is 2.34. The number of imidazole rings is 1. The highest BCUT2D eigenvalue weighted by Gasteiger charge is 2.28. The smallest absolute Gasteiger partial charge is 0.158 e. The normalized spacial score (nSPS) is 14.2. The monoisotopic (exact) mass is 296 g/mol. The van der Waals surface area contributed by atoms with E-state index in [1.165, 1.54) is 0 Å². The maximum atomic E-state index is 5.96. The van der Waals surface area contributed by atoms with Crippen molar-refractivity contribution in [2.75, 3.05) is 5.88 Å². The van der Waals surface area contributed by atoms with Gasteiger partial charge in [-0.1, -0.05) is 27.7 Å². The third kappa shape index (κ3) is 2.46. The Labute approximate surface area is 126 Å². The largest absolute Gasteiger partial charge is 0.309 e. The molecule has 0 radical (unpaired) electrons. The summed E-state index contributed by atoms with van der Waals surface area (Å²) >= 11 is 5.96. The molecule has 4 nitrogen and oxygen atoms in total. The van der Waals surface area contributed by atoms with Gasteiger partial charge in [0, 0.05) is 25.4 Å². The molecule has 112 valence electrons. The SMILES string of the molecule is CCc1nn(C)c2c1nc(CCCl)n2C(C)C(C)(C)C. The zero-order valence-electron chi connectivity index (χ0n) is 13.4. The Morgan fingerprint density at radius 3 is 2.45 bits per heavy atom. The second-order valence-corrected chi connectivity index (χ2v) is 6.85. The first-order valence-corrected chi connectivity index (χ1v) is 7.83. The number of halogens is 1. The molecule has 2 aromatic heterocycles. The standard InChI is InChI=1S/C15H25ClN4/c1-7-11-13-14(19(6)18-11)20(10(2)15(3,4)5)12(17-13)8-9-16/h10H,7-9H2,1-6H3. The minimum atomic E-state index is 0.158. The summed E-state index contributed by atoms with van der Waals surface area (Å²) in [5.74, 6) is 1.66. The molecule has 0 aliphatic rings. The van der Waals surface area contributed by atoms with Crippen LogP contribution >= 0.6 is 11.6 Å². The van der Waals surface area contributed by atoms with Gasteiger partial charge in [0.1, 0.15) is 11.3 Å². The highest BCUT2D eigenvalue weighted by molar-refractivity contribution is 6.17. The van der Waals surface area contributed by atoms with Gasteiger partial charge in [0.2, 0.25) is 0 Å². The van der Waals surface area contributed by atoms with Crippen molar-refractivity contribution in [2.24, 2.45) is 12.5 Å². The Balaban J connectivity index is 2.71. The van der Waals surface area contributed by atoms with Crippen LogP contribution in [-0.4, -0.2) is 25.2 Å². The van der Waals surface area contributed by atoms with Crippen LogP contribution in [0.4, 0.5) is 0 Å². The molecular formula is C15H25ClN4. The third-order valence-corrected chi connectivity index (χ3v) is 4.29. The summed E-state index contributed by atoms with van der Waals surface area (Å²) in [7, 11) is 2.00. The van der Waals surface area contributed by atoms with E-state index in [2.05, 4.69) is 44.3 Å². The second-order valence-electron chi connectivity index (χ2n) is 6.48. The minimum Gasteiger partial charge on any atom is -0.309 e. The van der Waals surface area contributed by atoms with E-state index in [1.807, 2.05) is 11.7 Å². The fourth-order valence-electron chi connectivity index (χ4n) is 2.54. The predicted molar refractivity (Wildman–Crippen MR) is 84.5 cm³/mol. The lowest BCUT2D eigenvalue weighted by Crippen LogP contribution is -2.24. The van der Waals surface area contributed by atoms with Gasteiger partial charge in [0.15, 0.2) is 5.65 Å². The minimum absolute atomic E-state index is 0.158. The molecule has 0 N–H and O–H groups in total. The molecule has 0 aromatic carbocycles. The molecule has 0 spiro atoms. The Morgan fingerprint density at radius 2 is 1.95 bits per heavy atom. The van der Waals surface area contributed by atoms with Crippen molar-refractivity contribution in [3.8, 4) is 0 Å². The van der Waals surface area contributed by atoms with Gasteiger partial charge >= 0.3 is 0 Å². The summed E-state index contributed by atoms with van der Waals surface area (Å²) < 4.78 is 4.28. The lowest BCUT2D eigenvalue weighted by molar-refractivity contribution is 0.261. The van der Waals surface area contributed by atoms with Crippen LogP contribution in [0.3, 0.4) is 0 Å². The zero-order valence-corrected chi connectivity index (χ0v) is 14.1. The molecule has 0 saturated heterocycles. The molecule has 2 aromatic rings. The fraction of sp³-hybridized carbons (Fsp3) is 0.733. The highest BCUT2D eigenvalue weighted by atomic mass is 35.5. The lowest BCUT2D eigenvalue weighted by Gasteiger charge is -2.30. The molecule has 0 saturated carbocycles. The average molecular weight is 297 g/mol. The van der Waals surface area contributed by atoms with Crippen molar-refractivity contribution in [1.82, 2.24) is 19.3 Å². The zero-order chi connectivity index (χ0) is 15.1. The molecule has 0 bridgehead atoms. The summed E-state index contributed by atoms with van der Waals surface area (Å²) in [6, 6.07) is 0.339. The second kappa shape index (κ2) is 5.40. The first kappa shape index (κ1) is 15.4. The molecule has 2 heterocycles. The van der Waals surface area contributed by atoms with E-state index in [0.717, 1.165) is 35.5 Å². The molecule has 0 fully saturated rings. The van der Waals surface area contributed by atoms with Crippen molar-refractivity contribution in [1.29, 1.82) is 0 Å². The van der Waals surface area contributed by atoms with Crippen LogP contribution in [0, 0.1) is 5.41 Å².